The van der Waals surface area contributed by atoms with Crippen molar-refractivity contribution in [1.29, 1.82) is 0 Å². The zero-order chi connectivity index (χ0) is 24.6. The van der Waals surface area contributed by atoms with E-state index in [1.807, 2.05) is 0 Å². The second-order valence-electron chi connectivity index (χ2n) is 8.47. The molecule has 5 rings (SSSR count). The van der Waals surface area contributed by atoms with Gasteiger partial charge in [-0.3, -0.25) is 14.0 Å². The standard InChI is InChI=1S/C24H26ClN5O4S/c1-28-23-21(24(31)26-11-4-12-29-13-15-34-16-14-29)27-30(18-9-7-17(25)8-10-18)22(23)19-5-2-3-6-20(19)35(28,32)33/h2-3,5-10H,4,11-16H2,1H3,(H,26,31). The topological polar surface area (TPSA) is 96.8 Å². The Bertz CT molecular complexity index is 1350. The van der Waals surface area contributed by atoms with Gasteiger partial charge in [-0.05, 0) is 43.3 Å². The smallest absolute Gasteiger partial charge is 0.274 e. The van der Waals surface area contributed by atoms with Crippen LogP contribution in [0.4, 0.5) is 5.69 Å². The van der Waals surface area contributed by atoms with Crippen LogP contribution in [0.25, 0.3) is 16.9 Å². The van der Waals surface area contributed by atoms with Crippen LogP contribution in [0.5, 0.6) is 0 Å². The summed E-state index contributed by atoms with van der Waals surface area (Å²) in [4.78, 5) is 15.7. The second kappa shape index (κ2) is 9.62. The molecule has 1 saturated heterocycles. The lowest BCUT2D eigenvalue weighted by molar-refractivity contribution is 0.0374. The van der Waals surface area contributed by atoms with E-state index in [0.717, 1.165) is 43.6 Å². The Morgan fingerprint density at radius 3 is 2.57 bits per heavy atom. The van der Waals surface area contributed by atoms with Crippen molar-refractivity contribution >= 4 is 33.2 Å². The zero-order valence-electron chi connectivity index (χ0n) is 19.3. The quantitative estimate of drug-likeness (QED) is 0.507. The number of morpholine rings is 1. The largest absolute Gasteiger partial charge is 0.379 e. The van der Waals surface area contributed by atoms with Crippen molar-refractivity contribution < 1.29 is 17.9 Å². The van der Waals surface area contributed by atoms with E-state index in [9.17, 15) is 13.2 Å². The predicted octanol–water partition coefficient (Wildman–Crippen LogP) is 2.78. The summed E-state index contributed by atoms with van der Waals surface area (Å²) in [7, 11) is -2.39. The van der Waals surface area contributed by atoms with Gasteiger partial charge < -0.3 is 10.1 Å². The van der Waals surface area contributed by atoms with E-state index in [2.05, 4.69) is 15.3 Å². The number of hydrogen-bond acceptors (Lipinski definition) is 6. The number of rotatable bonds is 6. The van der Waals surface area contributed by atoms with Crippen molar-refractivity contribution in [3.63, 3.8) is 0 Å². The molecule has 184 valence electrons. The average Bonchev–Trinajstić information content (AvgIpc) is 3.27. The van der Waals surface area contributed by atoms with Crippen LogP contribution in [0.3, 0.4) is 0 Å². The monoisotopic (exact) mass is 515 g/mol. The molecule has 0 atom stereocenters. The Hall–Kier alpha value is -2.92. The number of sulfonamides is 1. The zero-order valence-corrected chi connectivity index (χ0v) is 20.8. The van der Waals surface area contributed by atoms with Crippen LogP contribution in [0, 0.1) is 0 Å². The fraction of sp³-hybridized carbons (Fsp3) is 0.333. The van der Waals surface area contributed by atoms with Crippen molar-refractivity contribution in [2.45, 2.75) is 11.3 Å². The number of nitrogens with zero attached hydrogens (tertiary/aromatic N) is 4. The maximum atomic E-state index is 13.3. The lowest BCUT2D eigenvalue weighted by Crippen LogP contribution is -2.38. The van der Waals surface area contributed by atoms with Crippen molar-refractivity contribution in [1.82, 2.24) is 20.0 Å². The van der Waals surface area contributed by atoms with Gasteiger partial charge in [0.05, 0.1) is 23.8 Å². The van der Waals surface area contributed by atoms with Gasteiger partial charge in [0, 0.05) is 37.3 Å². The van der Waals surface area contributed by atoms with Gasteiger partial charge in [0.1, 0.15) is 11.4 Å². The number of carbonyl (C=O) groups excluding carboxylic acids is 1. The van der Waals surface area contributed by atoms with E-state index in [4.69, 9.17) is 16.3 Å². The molecule has 0 bridgehead atoms. The molecule has 1 amide bonds. The fourth-order valence-corrected chi connectivity index (χ4v) is 5.97. The van der Waals surface area contributed by atoms with E-state index in [-0.39, 0.29) is 16.3 Å². The number of hydrogen-bond donors (Lipinski definition) is 1. The number of amides is 1. The first-order chi connectivity index (χ1) is 16.9. The molecule has 11 heteroatoms. The lowest BCUT2D eigenvalue weighted by Gasteiger charge is -2.27. The Morgan fingerprint density at radius 2 is 1.83 bits per heavy atom. The second-order valence-corrected chi connectivity index (χ2v) is 10.8. The highest BCUT2D eigenvalue weighted by Crippen LogP contribution is 2.45. The Morgan fingerprint density at radius 1 is 1.11 bits per heavy atom. The van der Waals surface area contributed by atoms with Crippen molar-refractivity contribution in [2.24, 2.45) is 0 Å². The van der Waals surface area contributed by atoms with Crippen LogP contribution in [-0.2, 0) is 14.8 Å². The maximum absolute atomic E-state index is 13.3. The van der Waals surface area contributed by atoms with Gasteiger partial charge in [-0.25, -0.2) is 13.1 Å². The molecule has 0 spiro atoms. The molecule has 9 nitrogen and oxygen atoms in total. The summed E-state index contributed by atoms with van der Waals surface area (Å²) in [5.41, 5.74) is 2.01. The van der Waals surface area contributed by atoms with Gasteiger partial charge in [0.2, 0.25) is 0 Å². The molecule has 2 aliphatic rings. The molecule has 1 aromatic heterocycles. The number of nitrogens with one attached hydrogen (secondary N) is 1. The first-order valence-electron chi connectivity index (χ1n) is 11.4. The molecule has 3 heterocycles. The first-order valence-corrected chi connectivity index (χ1v) is 13.3. The molecular weight excluding hydrogens is 490 g/mol. The minimum atomic E-state index is -3.85. The number of anilines is 1. The number of carbonyl (C=O) groups is 1. The van der Waals surface area contributed by atoms with Crippen LogP contribution in [0.2, 0.25) is 5.02 Å². The van der Waals surface area contributed by atoms with E-state index in [1.54, 1.807) is 53.2 Å². The Labute approximate surface area is 209 Å². The summed E-state index contributed by atoms with van der Waals surface area (Å²) >= 11 is 6.08. The summed E-state index contributed by atoms with van der Waals surface area (Å²) in [5, 5.41) is 8.09. The highest BCUT2D eigenvalue weighted by Gasteiger charge is 2.39. The third kappa shape index (κ3) is 4.42. The fourth-order valence-electron chi connectivity index (χ4n) is 4.44. The highest BCUT2D eigenvalue weighted by atomic mass is 35.5. The number of benzene rings is 2. The SMILES string of the molecule is CN1c2c(C(=O)NCCCN3CCOCC3)nn(-c3ccc(Cl)cc3)c2-c2ccccc2S1(=O)=O. The van der Waals surface area contributed by atoms with Crippen molar-refractivity contribution in [3.8, 4) is 16.9 Å². The molecule has 0 aliphatic carbocycles. The number of halogens is 1. The molecule has 3 aromatic rings. The number of aromatic nitrogens is 2. The van der Waals surface area contributed by atoms with E-state index in [0.29, 0.717) is 28.5 Å². The normalized spacial score (nSPS) is 17.0. The van der Waals surface area contributed by atoms with Gasteiger partial charge in [-0.1, -0.05) is 29.8 Å². The highest BCUT2D eigenvalue weighted by molar-refractivity contribution is 7.93. The summed E-state index contributed by atoms with van der Waals surface area (Å²) < 4.78 is 34.7. The Balaban J connectivity index is 1.50. The van der Waals surface area contributed by atoms with Gasteiger partial charge in [0.15, 0.2) is 5.69 Å². The van der Waals surface area contributed by atoms with E-state index >= 15 is 0 Å². The maximum Gasteiger partial charge on any atom is 0.274 e. The van der Waals surface area contributed by atoms with Crippen molar-refractivity contribution in [3.05, 3.63) is 59.2 Å². The molecule has 2 aliphatic heterocycles. The summed E-state index contributed by atoms with van der Waals surface area (Å²) in [6.07, 6.45) is 0.767. The molecule has 2 aromatic carbocycles. The molecule has 1 fully saturated rings. The molecule has 0 unspecified atom stereocenters. The van der Waals surface area contributed by atoms with Gasteiger partial charge >= 0.3 is 0 Å². The number of fused-ring (bicyclic) bond motifs is 3. The third-order valence-corrected chi connectivity index (χ3v) is 8.35. The predicted molar refractivity (Wildman–Crippen MR) is 134 cm³/mol. The average molecular weight is 516 g/mol. The minimum absolute atomic E-state index is 0.0573. The summed E-state index contributed by atoms with van der Waals surface area (Å²) in [5.74, 6) is -0.419. The summed E-state index contributed by atoms with van der Waals surface area (Å²) in [6.45, 7) is 4.52. The van der Waals surface area contributed by atoms with Gasteiger partial charge in [-0.15, -0.1) is 0 Å². The van der Waals surface area contributed by atoms with Crippen LogP contribution >= 0.6 is 11.6 Å². The van der Waals surface area contributed by atoms with Crippen LogP contribution < -0.4 is 9.62 Å². The molecule has 0 radical (unpaired) electrons. The van der Waals surface area contributed by atoms with E-state index < -0.39 is 15.9 Å². The Kier molecular flexibility index (Phi) is 6.54. The van der Waals surface area contributed by atoms with Crippen molar-refractivity contribution in [2.75, 3.05) is 50.7 Å². The first kappa shape index (κ1) is 23.8. The molecule has 1 N–H and O–H groups in total. The molecule has 0 saturated carbocycles. The summed E-state index contributed by atoms with van der Waals surface area (Å²) in [6, 6.07) is 13.8. The van der Waals surface area contributed by atoms with Gasteiger partial charge in [0.25, 0.3) is 15.9 Å². The van der Waals surface area contributed by atoms with E-state index in [1.165, 1.54) is 7.05 Å². The number of ether oxygens (including phenoxy) is 1. The third-order valence-electron chi connectivity index (χ3n) is 6.28. The minimum Gasteiger partial charge on any atom is -0.379 e. The molecule has 35 heavy (non-hydrogen) atoms. The molecular formula is C24H26ClN5O4S. The van der Waals surface area contributed by atoms with Gasteiger partial charge in [-0.2, -0.15) is 5.10 Å². The van der Waals surface area contributed by atoms with Crippen LogP contribution in [0.1, 0.15) is 16.9 Å². The lowest BCUT2D eigenvalue weighted by atomic mass is 10.1. The van der Waals surface area contributed by atoms with Crippen LogP contribution in [0.15, 0.2) is 53.4 Å². The van der Waals surface area contributed by atoms with Crippen LogP contribution in [-0.4, -0.2) is 75.4 Å².